The first-order chi connectivity index (χ1) is 11.7. The van der Waals surface area contributed by atoms with Gasteiger partial charge in [-0.1, -0.05) is 0 Å². The van der Waals surface area contributed by atoms with Crippen LogP contribution in [0.1, 0.15) is 16.7 Å². The van der Waals surface area contributed by atoms with E-state index in [0.29, 0.717) is 4.57 Å². The van der Waals surface area contributed by atoms with Gasteiger partial charge in [0.15, 0.2) is 11.8 Å². The molecular weight excluding hydrogens is 347 g/mol. The van der Waals surface area contributed by atoms with Crippen LogP contribution in [0.4, 0.5) is 13.2 Å². The summed E-state index contributed by atoms with van der Waals surface area (Å²) in [4.78, 5) is 27.5. The van der Waals surface area contributed by atoms with E-state index < -0.39 is 53.9 Å². The summed E-state index contributed by atoms with van der Waals surface area (Å²) in [7, 11) is 0. The molecule has 1 fully saturated rings. The Morgan fingerprint density at radius 3 is 2.68 bits per heavy atom. The SMILES string of the molecule is NC(=O)c1nc2ccc(F)cc2n([C@@H]2O[C@H](CO)[C@@H](O)C2(F)F)c1=O. The summed E-state index contributed by atoms with van der Waals surface area (Å²) in [6.45, 7) is -0.942. The highest BCUT2D eigenvalue weighted by Gasteiger charge is 2.59. The molecule has 0 bridgehead atoms. The predicted octanol–water partition coefficient (Wildman–Crippen LogP) is -0.480. The number of amides is 1. The third kappa shape index (κ3) is 2.56. The first kappa shape index (κ1) is 17.3. The fourth-order valence-corrected chi connectivity index (χ4v) is 2.67. The van der Waals surface area contributed by atoms with E-state index in [2.05, 4.69) is 4.98 Å². The second-order valence-corrected chi connectivity index (χ2v) is 5.46. The number of rotatable bonds is 3. The molecule has 25 heavy (non-hydrogen) atoms. The summed E-state index contributed by atoms with van der Waals surface area (Å²) >= 11 is 0. The number of aromatic nitrogens is 2. The van der Waals surface area contributed by atoms with Gasteiger partial charge in [0.25, 0.3) is 11.5 Å². The van der Waals surface area contributed by atoms with Crippen LogP contribution >= 0.6 is 0 Å². The zero-order valence-electron chi connectivity index (χ0n) is 12.4. The Morgan fingerprint density at radius 1 is 1.44 bits per heavy atom. The Morgan fingerprint density at radius 2 is 2.12 bits per heavy atom. The second-order valence-electron chi connectivity index (χ2n) is 5.46. The number of hydrogen-bond acceptors (Lipinski definition) is 6. The van der Waals surface area contributed by atoms with Crippen molar-refractivity contribution in [1.29, 1.82) is 0 Å². The lowest BCUT2D eigenvalue weighted by atomic mass is 10.1. The minimum atomic E-state index is -4.01. The molecule has 1 aromatic heterocycles. The molecule has 1 saturated heterocycles. The molecule has 1 amide bonds. The van der Waals surface area contributed by atoms with E-state index in [4.69, 9.17) is 15.6 Å². The van der Waals surface area contributed by atoms with Gasteiger partial charge >= 0.3 is 5.92 Å². The standard InChI is InChI=1S/C14H12F3N3O5/c15-5-1-2-6-7(3-5)20(12(24)9(19-6)11(18)23)13-14(16,17)10(22)8(4-21)25-13/h1-3,8,10,13,21-22H,4H2,(H2,18,23)/t8-,10-,13-/m1/s1. The van der Waals surface area contributed by atoms with Gasteiger partial charge in [0, 0.05) is 0 Å². The van der Waals surface area contributed by atoms with E-state index in [1.54, 1.807) is 0 Å². The zero-order valence-corrected chi connectivity index (χ0v) is 12.4. The lowest BCUT2D eigenvalue weighted by Gasteiger charge is -2.23. The number of nitrogens with two attached hydrogens (primary N) is 1. The van der Waals surface area contributed by atoms with Gasteiger partial charge in [-0.3, -0.25) is 14.2 Å². The molecule has 134 valence electrons. The van der Waals surface area contributed by atoms with Gasteiger partial charge < -0.3 is 20.7 Å². The van der Waals surface area contributed by atoms with Crippen molar-refractivity contribution in [2.24, 2.45) is 5.73 Å². The average Bonchev–Trinajstić information content (AvgIpc) is 2.77. The number of alkyl halides is 2. The van der Waals surface area contributed by atoms with Crippen molar-refractivity contribution >= 4 is 16.9 Å². The lowest BCUT2D eigenvalue weighted by Crippen LogP contribution is -2.43. The van der Waals surface area contributed by atoms with Crippen LogP contribution < -0.4 is 11.3 Å². The van der Waals surface area contributed by atoms with Crippen molar-refractivity contribution in [2.45, 2.75) is 24.4 Å². The topological polar surface area (TPSA) is 128 Å². The van der Waals surface area contributed by atoms with Crippen LogP contribution in [0.3, 0.4) is 0 Å². The van der Waals surface area contributed by atoms with Crippen molar-refractivity contribution < 1.29 is 32.9 Å². The zero-order chi connectivity index (χ0) is 18.5. The molecule has 0 unspecified atom stereocenters. The number of fused-ring (bicyclic) bond motifs is 1. The van der Waals surface area contributed by atoms with E-state index in [9.17, 15) is 27.9 Å². The number of hydrogen-bond donors (Lipinski definition) is 3. The fourth-order valence-electron chi connectivity index (χ4n) is 2.67. The largest absolute Gasteiger partial charge is 0.394 e. The summed E-state index contributed by atoms with van der Waals surface area (Å²) in [5.74, 6) is -6.13. The third-order valence-electron chi connectivity index (χ3n) is 3.88. The number of carbonyl (C=O) groups excluding carboxylic acids is 1. The van der Waals surface area contributed by atoms with Gasteiger partial charge in [0.1, 0.15) is 11.9 Å². The number of nitrogens with zero attached hydrogens (tertiary/aromatic N) is 2. The van der Waals surface area contributed by atoms with Crippen LogP contribution in [0.15, 0.2) is 23.0 Å². The summed E-state index contributed by atoms with van der Waals surface area (Å²) < 4.78 is 47.5. The fraction of sp³-hybridized carbons (Fsp3) is 0.357. The van der Waals surface area contributed by atoms with Gasteiger partial charge in [-0.05, 0) is 18.2 Å². The number of primary amides is 1. The predicted molar refractivity (Wildman–Crippen MR) is 76.4 cm³/mol. The molecular formula is C14H12F3N3O5. The maximum absolute atomic E-state index is 14.4. The van der Waals surface area contributed by atoms with Crippen molar-refractivity contribution in [3.63, 3.8) is 0 Å². The van der Waals surface area contributed by atoms with Crippen LogP contribution in [-0.2, 0) is 4.74 Å². The minimum Gasteiger partial charge on any atom is -0.394 e. The average molecular weight is 359 g/mol. The molecule has 0 saturated carbocycles. The molecule has 1 aliphatic rings. The van der Waals surface area contributed by atoms with Crippen LogP contribution in [0.25, 0.3) is 11.0 Å². The summed E-state index contributed by atoms with van der Waals surface area (Å²) in [5, 5.41) is 18.7. The number of benzene rings is 1. The number of aliphatic hydroxyl groups is 2. The minimum absolute atomic E-state index is 0.156. The van der Waals surface area contributed by atoms with Crippen LogP contribution in [0.5, 0.6) is 0 Å². The lowest BCUT2D eigenvalue weighted by molar-refractivity contribution is -0.139. The highest BCUT2D eigenvalue weighted by molar-refractivity contribution is 5.92. The Kier molecular flexibility index (Phi) is 4.01. The molecule has 8 nitrogen and oxygen atoms in total. The number of aliphatic hydroxyl groups excluding tert-OH is 2. The normalized spacial score (nSPS) is 25.4. The van der Waals surface area contributed by atoms with E-state index in [1.807, 2.05) is 0 Å². The number of carbonyl (C=O) groups is 1. The highest BCUT2D eigenvalue weighted by atomic mass is 19.3. The quantitative estimate of drug-likeness (QED) is 0.679. The molecule has 1 aromatic carbocycles. The molecule has 1 aliphatic heterocycles. The monoisotopic (exact) mass is 359 g/mol. The van der Waals surface area contributed by atoms with Gasteiger partial charge in [-0.2, -0.15) is 8.78 Å². The van der Waals surface area contributed by atoms with E-state index in [0.717, 1.165) is 18.2 Å². The molecule has 11 heteroatoms. The smallest absolute Gasteiger partial charge is 0.320 e. The summed E-state index contributed by atoms with van der Waals surface area (Å²) in [6, 6.07) is 2.78. The molecule has 0 radical (unpaired) electrons. The maximum atomic E-state index is 14.4. The van der Waals surface area contributed by atoms with E-state index in [1.165, 1.54) is 0 Å². The van der Waals surface area contributed by atoms with E-state index in [-0.39, 0.29) is 11.0 Å². The number of ether oxygens (including phenoxy) is 1. The Bertz CT molecular complexity index is 916. The molecule has 4 N–H and O–H groups in total. The maximum Gasteiger partial charge on any atom is 0.320 e. The summed E-state index contributed by atoms with van der Waals surface area (Å²) in [5.41, 5.74) is 2.33. The third-order valence-corrected chi connectivity index (χ3v) is 3.88. The molecule has 2 aromatic rings. The Labute approximate surface area is 137 Å². The van der Waals surface area contributed by atoms with Crippen molar-refractivity contribution in [1.82, 2.24) is 9.55 Å². The van der Waals surface area contributed by atoms with E-state index >= 15 is 0 Å². The Hall–Kier alpha value is -2.50. The van der Waals surface area contributed by atoms with Crippen LogP contribution in [0, 0.1) is 5.82 Å². The first-order valence-corrected chi connectivity index (χ1v) is 7.02. The van der Waals surface area contributed by atoms with Gasteiger partial charge in [-0.15, -0.1) is 0 Å². The van der Waals surface area contributed by atoms with Gasteiger partial charge in [0.2, 0.25) is 6.23 Å². The molecule has 0 spiro atoms. The first-order valence-electron chi connectivity index (χ1n) is 7.02. The number of halogens is 3. The van der Waals surface area contributed by atoms with Crippen molar-refractivity contribution in [2.75, 3.05) is 6.61 Å². The highest BCUT2D eigenvalue weighted by Crippen LogP contribution is 2.43. The second kappa shape index (κ2) is 5.79. The van der Waals surface area contributed by atoms with Crippen LogP contribution in [-0.4, -0.2) is 50.4 Å². The molecule has 3 atom stereocenters. The molecule has 2 heterocycles. The van der Waals surface area contributed by atoms with Gasteiger partial charge in [-0.25, -0.2) is 9.37 Å². The Balaban J connectivity index is 2.35. The molecule has 3 rings (SSSR count). The molecule has 0 aliphatic carbocycles. The van der Waals surface area contributed by atoms with Crippen molar-refractivity contribution in [3.05, 3.63) is 40.1 Å². The van der Waals surface area contributed by atoms with Crippen LogP contribution in [0.2, 0.25) is 0 Å². The summed E-state index contributed by atoms with van der Waals surface area (Å²) in [6.07, 6.45) is -6.48. The van der Waals surface area contributed by atoms with Crippen molar-refractivity contribution in [3.8, 4) is 0 Å². The van der Waals surface area contributed by atoms with Gasteiger partial charge in [0.05, 0.1) is 17.6 Å².